The SMILES string of the molecule is CN(C)S(=O)(=O)c1ccc(COc2cn[nH]n2)cc1. The summed E-state index contributed by atoms with van der Waals surface area (Å²) in [6.07, 6.45) is 1.46. The lowest BCUT2D eigenvalue weighted by molar-refractivity contribution is 0.293. The molecule has 0 fully saturated rings. The van der Waals surface area contributed by atoms with Gasteiger partial charge in [0.05, 0.1) is 4.90 Å². The monoisotopic (exact) mass is 282 g/mol. The van der Waals surface area contributed by atoms with E-state index in [1.165, 1.54) is 24.6 Å². The highest BCUT2D eigenvalue weighted by atomic mass is 32.2. The van der Waals surface area contributed by atoms with Crippen molar-refractivity contribution in [1.29, 1.82) is 0 Å². The van der Waals surface area contributed by atoms with Crippen molar-refractivity contribution in [3.63, 3.8) is 0 Å². The second-order valence-corrected chi connectivity index (χ2v) is 6.18. The van der Waals surface area contributed by atoms with Gasteiger partial charge in [0.25, 0.3) is 5.88 Å². The molecule has 19 heavy (non-hydrogen) atoms. The minimum Gasteiger partial charge on any atom is -0.471 e. The van der Waals surface area contributed by atoms with Gasteiger partial charge in [0.2, 0.25) is 10.0 Å². The van der Waals surface area contributed by atoms with Gasteiger partial charge in [-0.15, -0.1) is 5.10 Å². The molecule has 0 aliphatic carbocycles. The van der Waals surface area contributed by atoms with E-state index in [-0.39, 0.29) is 4.90 Å². The van der Waals surface area contributed by atoms with Gasteiger partial charge in [-0.2, -0.15) is 10.3 Å². The molecule has 0 saturated heterocycles. The first-order chi connectivity index (χ1) is 9.00. The van der Waals surface area contributed by atoms with E-state index in [1.807, 2.05) is 0 Å². The zero-order chi connectivity index (χ0) is 13.9. The molecule has 0 atom stereocenters. The third kappa shape index (κ3) is 3.09. The summed E-state index contributed by atoms with van der Waals surface area (Å²) >= 11 is 0. The van der Waals surface area contributed by atoms with E-state index in [0.717, 1.165) is 5.56 Å². The Morgan fingerprint density at radius 2 is 1.95 bits per heavy atom. The number of nitrogens with one attached hydrogen (secondary N) is 1. The Hall–Kier alpha value is -1.93. The summed E-state index contributed by atoms with van der Waals surface area (Å²) < 4.78 is 30.2. The Kier molecular flexibility index (Phi) is 3.82. The van der Waals surface area contributed by atoms with Crippen molar-refractivity contribution in [2.24, 2.45) is 0 Å². The van der Waals surface area contributed by atoms with Gasteiger partial charge in [-0.3, -0.25) is 0 Å². The Bertz CT molecular complexity index is 620. The molecule has 1 aromatic heterocycles. The zero-order valence-electron chi connectivity index (χ0n) is 10.6. The van der Waals surface area contributed by atoms with Crippen LogP contribution in [0.5, 0.6) is 5.88 Å². The first kappa shape index (κ1) is 13.5. The molecule has 0 aliphatic rings. The van der Waals surface area contributed by atoms with Crippen LogP contribution in [-0.4, -0.2) is 42.2 Å². The Morgan fingerprint density at radius 1 is 1.26 bits per heavy atom. The molecule has 2 rings (SSSR count). The van der Waals surface area contributed by atoms with Gasteiger partial charge in [-0.1, -0.05) is 12.1 Å². The number of ether oxygens (including phenoxy) is 1. The molecule has 1 heterocycles. The van der Waals surface area contributed by atoms with Crippen LogP contribution in [0.1, 0.15) is 5.56 Å². The number of sulfonamides is 1. The molecule has 0 bridgehead atoms. The Balaban J connectivity index is 2.07. The average Bonchev–Trinajstić information content (AvgIpc) is 2.90. The summed E-state index contributed by atoms with van der Waals surface area (Å²) in [6.45, 7) is 0.300. The summed E-state index contributed by atoms with van der Waals surface area (Å²) in [5, 5.41) is 9.80. The van der Waals surface area contributed by atoms with Crippen molar-refractivity contribution >= 4 is 10.0 Å². The van der Waals surface area contributed by atoms with E-state index in [4.69, 9.17) is 4.74 Å². The number of rotatable bonds is 5. The molecule has 0 unspecified atom stereocenters. The Labute approximate surface area is 111 Å². The fourth-order valence-corrected chi connectivity index (χ4v) is 2.29. The van der Waals surface area contributed by atoms with Crippen LogP contribution >= 0.6 is 0 Å². The summed E-state index contributed by atoms with van der Waals surface area (Å²) in [4.78, 5) is 0.252. The zero-order valence-corrected chi connectivity index (χ0v) is 11.4. The molecule has 0 aliphatic heterocycles. The van der Waals surface area contributed by atoms with Gasteiger partial charge in [-0.25, -0.2) is 12.7 Å². The van der Waals surface area contributed by atoms with Gasteiger partial charge in [-0.05, 0) is 17.7 Å². The summed E-state index contributed by atoms with van der Waals surface area (Å²) in [5.41, 5.74) is 0.848. The third-order valence-electron chi connectivity index (χ3n) is 2.48. The first-order valence-corrected chi connectivity index (χ1v) is 6.94. The molecular formula is C11H14N4O3S. The second-order valence-electron chi connectivity index (χ2n) is 4.03. The molecule has 8 heteroatoms. The lowest BCUT2D eigenvalue weighted by Gasteiger charge is -2.11. The topological polar surface area (TPSA) is 88.2 Å². The first-order valence-electron chi connectivity index (χ1n) is 5.50. The minimum absolute atomic E-state index is 0.252. The lowest BCUT2D eigenvalue weighted by Crippen LogP contribution is -2.22. The van der Waals surface area contributed by atoms with Crippen LogP contribution in [0.4, 0.5) is 0 Å². The van der Waals surface area contributed by atoms with Crippen molar-refractivity contribution in [3.05, 3.63) is 36.0 Å². The second kappa shape index (κ2) is 5.37. The number of nitrogens with zero attached hydrogens (tertiary/aromatic N) is 3. The minimum atomic E-state index is -3.39. The van der Waals surface area contributed by atoms with Gasteiger partial charge in [0.15, 0.2) is 0 Å². The number of aromatic nitrogens is 3. The molecule has 1 N–H and O–H groups in total. The van der Waals surface area contributed by atoms with Gasteiger partial charge in [0.1, 0.15) is 12.8 Å². The third-order valence-corrected chi connectivity index (χ3v) is 4.31. The molecule has 1 aromatic carbocycles. The van der Waals surface area contributed by atoms with Crippen LogP contribution in [0, 0.1) is 0 Å². The number of hydrogen-bond donors (Lipinski definition) is 1. The normalized spacial score (nSPS) is 11.7. The van der Waals surface area contributed by atoms with E-state index in [9.17, 15) is 8.42 Å². The van der Waals surface area contributed by atoms with Gasteiger partial charge >= 0.3 is 0 Å². The fourth-order valence-electron chi connectivity index (χ4n) is 1.39. The highest BCUT2D eigenvalue weighted by Crippen LogP contribution is 2.15. The quantitative estimate of drug-likeness (QED) is 0.869. The lowest BCUT2D eigenvalue weighted by atomic mass is 10.2. The smallest absolute Gasteiger partial charge is 0.253 e. The van der Waals surface area contributed by atoms with Crippen LogP contribution in [0.3, 0.4) is 0 Å². The van der Waals surface area contributed by atoms with E-state index in [1.54, 1.807) is 24.3 Å². The number of benzene rings is 1. The maximum absolute atomic E-state index is 11.9. The summed E-state index contributed by atoms with van der Waals surface area (Å²) in [6, 6.07) is 6.51. The molecule has 2 aromatic rings. The van der Waals surface area contributed by atoms with Crippen LogP contribution in [-0.2, 0) is 16.6 Å². The fraction of sp³-hybridized carbons (Fsp3) is 0.273. The maximum atomic E-state index is 11.9. The largest absolute Gasteiger partial charge is 0.471 e. The van der Waals surface area contributed by atoms with Gasteiger partial charge < -0.3 is 4.74 Å². The predicted molar refractivity (Wildman–Crippen MR) is 68.0 cm³/mol. The Morgan fingerprint density at radius 3 is 2.47 bits per heavy atom. The standard InChI is InChI=1S/C11H14N4O3S/c1-15(2)19(16,17)10-5-3-9(4-6-10)8-18-11-7-12-14-13-11/h3-7H,8H2,1-2H3,(H,12,13,14). The van der Waals surface area contributed by atoms with E-state index in [2.05, 4.69) is 15.4 Å². The molecular weight excluding hydrogens is 268 g/mol. The van der Waals surface area contributed by atoms with Crippen molar-refractivity contribution in [2.45, 2.75) is 11.5 Å². The summed E-state index contributed by atoms with van der Waals surface area (Å²) in [5.74, 6) is 0.394. The highest BCUT2D eigenvalue weighted by molar-refractivity contribution is 7.89. The number of H-pyrrole nitrogens is 1. The predicted octanol–water partition coefficient (Wildman–Crippen LogP) is 0.634. The van der Waals surface area contributed by atoms with E-state index >= 15 is 0 Å². The molecule has 0 saturated carbocycles. The number of aromatic amines is 1. The molecule has 7 nitrogen and oxygen atoms in total. The molecule has 0 radical (unpaired) electrons. The van der Waals surface area contributed by atoms with Crippen molar-refractivity contribution in [2.75, 3.05) is 14.1 Å². The van der Waals surface area contributed by atoms with Gasteiger partial charge in [0, 0.05) is 14.1 Å². The van der Waals surface area contributed by atoms with E-state index in [0.29, 0.717) is 12.5 Å². The van der Waals surface area contributed by atoms with Crippen molar-refractivity contribution < 1.29 is 13.2 Å². The summed E-state index contributed by atoms with van der Waals surface area (Å²) in [7, 11) is -0.393. The van der Waals surface area contributed by atoms with Crippen LogP contribution in [0.25, 0.3) is 0 Å². The van der Waals surface area contributed by atoms with Crippen LogP contribution in [0.15, 0.2) is 35.4 Å². The molecule has 0 amide bonds. The van der Waals surface area contributed by atoms with Crippen LogP contribution < -0.4 is 4.74 Å². The van der Waals surface area contributed by atoms with E-state index < -0.39 is 10.0 Å². The maximum Gasteiger partial charge on any atom is 0.253 e. The average molecular weight is 282 g/mol. The van der Waals surface area contributed by atoms with Crippen LogP contribution in [0.2, 0.25) is 0 Å². The highest BCUT2D eigenvalue weighted by Gasteiger charge is 2.16. The van der Waals surface area contributed by atoms with Crippen molar-refractivity contribution in [1.82, 2.24) is 19.7 Å². The molecule has 0 spiro atoms. The molecule has 102 valence electrons. The number of hydrogen-bond acceptors (Lipinski definition) is 5. The van der Waals surface area contributed by atoms with Crippen molar-refractivity contribution in [3.8, 4) is 5.88 Å².